The van der Waals surface area contributed by atoms with Crippen LogP contribution in [0.4, 0.5) is 5.69 Å². The first-order valence-corrected chi connectivity index (χ1v) is 7.96. The van der Waals surface area contributed by atoms with Crippen LogP contribution in [-0.2, 0) is 17.6 Å². The van der Waals surface area contributed by atoms with Gasteiger partial charge in [-0.15, -0.1) is 0 Å². The van der Waals surface area contributed by atoms with Crippen LogP contribution in [0.1, 0.15) is 43.7 Å². The number of aryl methyl sites for hydroxylation is 2. The lowest BCUT2D eigenvalue weighted by molar-refractivity contribution is -0.121. The molecule has 0 radical (unpaired) electrons. The minimum absolute atomic E-state index is 0.0111. The number of benzene rings is 1. The third-order valence-electron chi connectivity index (χ3n) is 4.47. The van der Waals surface area contributed by atoms with Gasteiger partial charge in [-0.3, -0.25) is 4.79 Å². The number of anilines is 1. The van der Waals surface area contributed by atoms with Crippen molar-refractivity contribution >= 4 is 11.6 Å². The second-order valence-corrected chi connectivity index (χ2v) is 5.95. The van der Waals surface area contributed by atoms with Crippen molar-refractivity contribution in [2.45, 2.75) is 51.5 Å². The quantitative estimate of drug-likeness (QED) is 0.914. The van der Waals surface area contributed by atoms with E-state index in [-0.39, 0.29) is 11.9 Å². The highest BCUT2D eigenvalue weighted by molar-refractivity contribution is 5.98. The standard InChI is InChI=1S/C17H24N2O/c1-2-10-18-16-7-4-11-19(17(16)20)15-9-8-13-5-3-6-14(13)12-15/h8-9,12,16,18H,2-7,10-11H2,1H3. The maximum atomic E-state index is 12.6. The van der Waals surface area contributed by atoms with Crippen LogP contribution in [0.5, 0.6) is 0 Å². The molecular formula is C17H24N2O. The van der Waals surface area contributed by atoms with E-state index in [1.165, 1.54) is 30.4 Å². The number of piperidine rings is 1. The number of carbonyl (C=O) groups excluding carboxylic acids is 1. The van der Waals surface area contributed by atoms with Gasteiger partial charge in [0.05, 0.1) is 6.04 Å². The van der Waals surface area contributed by atoms with Crippen molar-refractivity contribution in [3.8, 4) is 0 Å². The maximum Gasteiger partial charge on any atom is 0.244 e. The summed E-state index contributed by atoms with van der Waals surface area (Å²) >= 11 is 0. The molecule has 0 aromatic heterocycles. The van der Waals surface area contributed by atoms with Crippen LogP contribution in [0, 0.1) is 0 Å². The average molecular weight is 272 g/mol. The number of carbonyl (C=O) groups is 1. The van der Waals surface area contributed by atoms with Crippen LogP contribution in [0.15, 0.2) is 18.2 Å². The van der Waals surface area contributed by atoms with Gasteiger partial charge < -0.3 is 10.2 Å². The van der Waals surface area contributed by atoms with Crippen molar-refractivity contribution in [1.29, 1.82) is 0 Å². The Bertz CT molecular complexity index is 498. The lowest BCUT2D eigenvalue weighted by Crippen LogP contribution is -2.51. The largest absolute Gasteiger partial charge is 0.311 e. The molecule has 0 bridgehead atoms. The Balaban J connectivity index is 1.77. The summed E-state index contributed by atoms with van der Waals surface area (Å²) in [6, 6.07) is 6.60. The molecule has 3 rings (SSSR count). The van der Waals surface area contributed by atoms with Crippen molar-refractivity contribution in [2.75, 3.05) is 18.0 Å². The number of fused-ring (bicyclic) bond motifs is 1. The third-order valence-corrected chi connectivity index (χ3v) is 4.47. The Labute approximate surface area is 121 Å². The summed E-state index contributed by atoms with van der Waals surface area (Å²) in [4.78, 5) is 14.6. The summed E-state index contributed by atoms with van der Waals surface area (Å²) in [6.45, 7) is 3.93. The highest BCUT2D eigenvalue weighted by Gasteiger charge is 2.29. The molecular weight excluding hydrogens is 248 g/mol. The number of amides is 1. The van der Waals surface area contributed by atoms with Crippen molar-refractivity contribution in [3.63, 3.8) is 0 Å². The fraction of sp³-hybridized carbons (Fsp3) is 0.588. The molecule has 1 atom stereocenters. The molecule has 1 aliphatic heterocycles. The summed E-state index contributed by atoms with van der Waals surface area (Å²) < 4.78 is 0. The van der Waals surface area contributed by atoms with Crippen molar-refractivity contribution < 1.29 is 4.79 Å². The molecule has 1 aliphatic carbocycles. The van der Waals surface area contributed by atoms with E-state index in [4.69, 9.17) is 0 Å². The Morgan fingerprint density at radius 3 is 2.95 bits per heavy atom. The number of nitrogens with zero attached hydrogens (tertiary/aromatic N) is 1. The number of rotatable bonds is 4. The van der Waals surface area contributed by atoms with E-state index in [2.05, 4.69) is 30.4 Å². The Kier molecular flexibility index (Phi) is 4.06. The van der Waals surface area contributed by atoms with Crippen molar-refractivity contribution in [2.24, 2.45) is 0 Å². The predicted octanol–water partition coefficient (Wildman–Crippen LogP) is 2.67. The number of nitrogens with one attached hydrogen (secondary N) is 1. The molecule has 1 heterocycles. The van der Waals surface area contributed by atoms with Crippen LogP contribution < -0.4 is 10.2 Å². The summed E-state index contributed by atoms with van der Waals surface area (Å²) in [5.74, 6) is 0.252. The van der Waals surface area contributed by atoms with Crippen LogP contribution in [0.25, 0.3) is 0 Å². The zero-order valence-corrected chi connectivity index (χ0v) is 12.3. The van der Waals surface area contributed by atoms with E-state index in [1.54, 1.807) is 0 Å². The predicted molar refractivity (Wildman–Crippen MR) is 82.1 cm³/mol. The molecule has 0 saturated carbocycles. The van der Waals surface area contributed by atoms with E-state index < -0.39 is 0 Å². The Hall–Kier alpha value is -1.35. The average Bonchev–Trinajstić information content (AvgIpc) is 2.93. The van der Waals surface area contributed by atoms with Gasteiger partial charge in [-0.1, -0.05) is 13.0 Å². The summed E-state index contributed by atoms with van der Waals surface area (Å²) in [5, 5.41) is 3.38. The van der Waals surface area contributed by atoms with Gasteiger partial charge in [0.25, 0.3) is 0 Å². The van der Waals surface area contributed by atoms with Crippen LogP contribution in [-0.4, -0.2) is 25.0 Å². The van der Waals surface area contributed by atoms with Gasteiger partial charge in [0.1, 0.15) is 0 Å². The highest BCUT2D eigenvalue weighted by Crippen LogP contribution is 2.28. The molecule has 1 saturated heterocycles. The van der Waals surface area contributed by atoms with Gasteiger partial charge in [0.15, 0.2) is 0 Å². The molecule has 2 aliphatic rings. The molecule has 3 nitrogen and oxygen atoms in total. The second-order valence-electron chi connectivity index (χ2n) is 5.95. The van der Waals surface area contributed by atoms with E-state index >= 15 is 0 Å². The Morgan fingerprint density at radius 2 is 2.10 bits per heavy atom. The van der Waals surface area contributed by atoms with Crippen molar-refractivity contribution in [3.05, 3.63) is 29.3 Å². The fourth-order valence-electron chi connectivity index (χ4n) is 3.37. The summed E-state index contributed by atoms with van der Waals surface area (Å²) in [5.41, 5.74) is 4.01. The molecule has 108 valence electrons. The van der Waals surface area contributed by atoms with E-state index in [1.807, 2.05) is 4.90 Å². The van der Waals surface area contributed by atoms with E-state index in [0.29, 0.717) is 0 Å². The SMILES string of the molecule is CCCNC1CCCN(c2ccc3c(c2)CCC3)C1=O. The molecule has 1 aromatic rings. The first kappa shape index (κ1) is 13.6. The monoisotopic (exact) mass is 272 g/mol. The molecule has 1 fully saturated rings. The summed E-state index contributed by atoms with van der Waals surface area (Å²) in [6.07, 6.45) is 6.76. The Morgan fingerprint density at radius 1 is 1.25 bits per heavy atom. The normalized spacial score (nSPS) is 22.1. The number of hydrogen-bond donors (Lipinski definition) is 1. The highest BCUT2D eigenvalue weighted by atomic mass is 16.2. The molecule has 0 spiro atoms. The fourth-order valence-corrected chi connectivity index (χ4v) is 3.37. The maximum absolute atomic E-state index is 12.6. The minimum Gasteiger partial charge on any atom is -0.311 e. The molecule has 3 heteroatoms. The minimum atomic E-state index is 0.0111. The first-order valence-electron chi connectivity index (χ1n) is 7.96. The van der Waals surface area contributed by atoms with Gasteiger partial charge in [-0.05, 0) is 68.3 Å². The van der Waals surface area contributed by atoms with Gasteiger partial charge in [-0.2, -0.15) is 0 Å². The zero-order chi connectivity index (χ0) is 13.9. The molecule has 1 unspecified atom stereocenters. The van der Waals surface area contributed by atoms with Crippen LogP contribution in [0.2, 0.25) is 0 Å². The second kappa shape index (κ2) is 5.96. The smallest absolute Gasteiger partial charge is 0.244 e. The van der Waals surface area contributed by atoms with E-state index in [9.17, 15) is 4.79 Å². The molecule has 1 aromatic carbocycles. The van der Waals surface area contributed by atoms with Gasteiger partial charge in [-0.25, -0.2) is 0 Å². The van der Waals surface area contributed by atoms with Gasteiger partial charge in [0.2, 0.25) is 5.91 Å². The third kappa shape index (κ3) is 2.59. The molecule has 20 heavy (non-hydrogen) atoms. The number of hydrogen-bond acceptors (Lipinski definition) is 2. The topological polar surface area (TPSA) is 32.3 Å². The van der Waals surface area contributed by atoms with Gasteiger partial charge >= 0.3 is 0 Å². The molecule has 1 N–H and O–H groups in total. The van der Waals surface area contributed by atoms with Crippen LogP contribution in [0.3, 0.4) is 0 Å². The van der Waals surface area contributed by atoms with Crippen LogP contribution >= 0.6 is 0 Å². The van der Waals surface area contributed by atoms with E-state index in [0.717, 1.165) is 38.0 Å². The lowest BCUT2D eigenvalue weighted by Gasteiger charge is -2.33. The molecule has 1 amide bonds. The van der Waals surface area contributed by atoms with Crippen molar-refractivity contribution in [1.82, 2.24) is 5.32 Å². The first-order chi connectivity index (χ1) is 9.79. The lowest BCUT2D eigenvalue weighted by atomic mass is 10.0. The zero-order valence-electron chi connectivity index (χ0n) is 12.3. The van der Waals surface area contributed by atoms with Gasteiger partial charge in [0, 0.05) is 12.2 Å². The summed E-state index contributed by atoms with van der Waals surface area (Å²) in [7, 11) is 0.